The van der Waals surface area contributed by atoms with Gasteiger partial charge in [0.1, 0.15) is 0 Å². The van der Waals surface area contributed by atoms with Crippen LogP contribution in [0.4, 0.5) is 0 Å². The van der Waals surface area contributed by atoms with Crippen molar-refractivity contribution in [3.63, 3.8) is 0 Å². The van der Waals surface area contributed by atoms with Crippen molar-refractivity contribution in [1.82, 2.24) is 15.1 Å². The maximum Gasteiger partial charge on any atom is 0.237 e. The molecule has 4 heteroatoms. The van der Waals surface area contributed by atoms with Gasteiger partial charge in [0.15, 0.2) is 0 Å². The predicted octanol–water partition coefficient (Wildman–Crippen LogP) is 2.34. The molecule has 1 atom stereocenters. The van der Waals surface area contributed by atoms with Gasteiger partial charge in [0, 0.05) is 6.54 Å². The second-order valence-electron chi connectivity index (χ2n) is 5.65. The molecule has 0 saturated heterocycles. The SMILES string of the molecule is CCCCC(C(=O)NCCCCN(CC)CC)N(C)C. The van der Waals surface area contributed by atoms with E-state index in [4.69, 9.17) is 0 Å². The highest BCUT2D eigenvalue weighted by atomic mass is 16.2. The Morgan fingerprint density at radius 1 is 1.05 bits per heavy atom. The molecule has 4 nitrogen and oxygen atoms in total. The summed E-state index contributed by atoms with van der Waals surface area (Å²) in [4.78, 5) is 16.6. The number of rotatable bonds is 12. The molecule has 0 spiro atoms. The second-order valence-corrected chi connectivity index (χ2v) is 5.65. The Hall–Kier alpha value is -0.610. The highest BCUT2D eigenvalue weighted by Crippen LogP contribution is 2.06. The molecule has 0 aliphatic heterocycles. The standard InChI is InChI=1S/C16H35N3O/c1-6-9-12-15(18(4)5)16(20)17-13-10-11-14-19(7-2)8-3/h15H,6-14H2,1-5H3,(H,17,20). The minimum Gasteiger partial charge on any atom is -0.355 e. The molecule has 0 heterocycles. The third-order valence-electron chi connectivity index (χ3n) is 3.85. The summed E-state index contributed by atoms with van der Waals surface area (Å²) in [6, 6.07) is 0.0257. The summed E-state index contributed by atoms with van der Waals surface area (Å²) < 4.78 is 0. The lowest BCUT2D eigenvalue weighted by molar-refractivity contribution is -0.125. The van der Waals surface area contributed by atoms with E-state index in [0.29, 0.717) is 0 Å². The fourth-order valence-electron chi connectivity index (χ4n) is 2.35. The Morgan fingerprint density at radius 3 is 2.20 bits per heavy atom. The molecule has 20 heavy (non-hydrogen) atoms. The van der Waals surface area contributed by atoms with E-state index < -0.39 is 0 Å². The zero-order valence-corrected chi connectivity index (χ0v) is 14.2. The van der Waals surface area contributed by atoms with Crippen LogP contribution < -0.4 is 5.32 Å². The minimum atomic E-state index is 0.0257. The van der Waals surface area contributed by atoms with Crippen LogP contribution in [0.3, 0.4) is 0 Å². The average Bonchev–Trinajstić information content (AvgIpc) is 2.43. The van der Waals surface area contributed by atoms with Crippen LogP contribution in [0.5, 0.6) is 0 Å². The normalized spacial score (nSPS) is 12.9. The lowest BCUT2D eigenvalue weighted by Crippen LogP contribution is -2.43. The predicted molar refractivity (Wildman–Crippen MR) is 87.0 cm³/mol. The number of carbonyl (C=O) groups is 1. The van der Waals surface area contributed by atoms with E-state index in [1.165, 1.54) is 0 Å². The van der Waals surface area contributed by atoms with Gasteiger partial charge >= 0.3 is 0 Å². The van der Waals surface area contributed by atoms with Crippen LogP contribution >= 0.6 is 0 Å². The van der Waals surface area contributed by atoms with Crippen molar-refractivity contribution in [2.24, 2.45) is 0 Å². The Balaban J connectivity index is 3.84. The van der Waals surface area contributed by atoms with Crippen molar-refractivity contribution < 1.29 is 4.79 Å². The minimum absolute atomic E-state index is 0.0257. The highest BCUT2D eigenvalue weighted by Gasteiger charge is 2.19. The van der Waals surface area contributed by atoms with Gasteiger partial charge in [-0.25, -0.2) is 0 Å². The van der Waals surface area contributed by atoms with Crippen LogP contribution in [0.2, 0.25) is 0 Å². The molecule has 0 aliphatic carbocycles. The Morgan fingerprint density at radius 2 is 1.70 bits per heavy atom. The zero-order chi connectivity index (χ0) is 15.4. The monoisotopic (exact) mass is 285 g/mol. The fraction of sp³-hybridized carbons (Fsp3) is 0.938. The first-order valence-corrected chi connectivity index (χ1v) is 8.23. The maximum absolute atomic E-state index is 12.1. The fourth-order valence-corrected chi connectivity index (χ4v) is 2.35. The molecule has 0 radical (unpaired) electrons. The summed E-state index contributed by atoms with van der Waals surface area (Å²) >= 11 is 0. The third-order valence-corrected chi connectivity index (χ3v) is 3.85. The quantitative estimate of drug-likeness (QED) is 0.559. The van der Waals surface area contributed by atoms with Gasteiger partial charge in [0.05, 0.1) is 6.04 Å². The van der Waals surface area contributed by atoms with Gasteiger partial charge in [-0.1, -0.05) is 33.6 Å². The average molecular weight is 285 g/mol. The van der Waals surface area contributed by atoms with Gasteiger partial charge in [-0.3, -0.25) is 9.69 Å². The smallest absolute Gasteiger partial charge is 0.237 e. The Kier molecular flexibility index (Phi) is 11.8. The zero-order valence-electron chi connectivity index (χ0n) is 14.2. The van der Waals surface area contributed by atoms with Gasteiger partial charge in [-0.15, -0.1) is 0 Å². The molecule has 1 N–H and O–H groups in total. The number of likely N-dealkylation sites (N-methyl/N-ethyl adjacent to an activating group) is 1. The third kappa shape index (κ3) is 8.54. The molecule has 0 bridgehead atoms. The van der Waals surface area contributed by atoms with Gasteiger partial charge in [0.2, 0.25) is 5.91 Å². The summed E-state index contributed by atoms with van der Waals surface area (Å²) in [7, 11) is 3.97. The van der Waals surface area contributed by atoms with Gasteiger partial charge < -0.3 is 10.2 Å². The number of carbonyl (C=O) groups excluding carboxylic acids is 1. The number of unbranched alkanes of at least 4 members (excludes halogenated alkanes) is 2. The van der Waals surface area contributed by atoms with Crippen molar-refractivity contribution in [1.29, 1.82) is 0 Å². The van der Waals surface area contributed by atoms with Crippen molar-refractivity contribution >= 4 is 5.91 Å². The molecule has 1 amide bonds. The largest absolute Gasteiger partial charge is 0.355 e. The van der Waals surface area contributed by atoms with Crippen LogP contribution in [-0.2, 0) is 4.79 Å². The van der Waals surface area contributed by atoms with Gasteiger partial charge in [-0.2, -0.15) is 0 Å². The van der Waals surface area contributed by atoms with E-state index in [1.54, 1.807) is 0 Å². The summed E-state index contributed by atoms with van der Waals surface area (Å²) in [6.45, 7) is 10.7. The van der Waals surface area contributed by atoms with Crippen LogP contribution in [0, 0.1) is 0 Å². The van der Waals surface area contributed by atoms with Crippen molar-refractivity contribution in [2.75, 3.05) is 40.3 Å². The molecule has 1 unspecified atom stereocenters. The van der Waals surface area contributed by atoms with Gasteiger partial charge in [-0.05, 0) is 53.0 Å². The molecule has 0 aromatic carbocycles. The van der Waals surface area contributed by atoms with Crippen LogP contribution in [0.25, 0.3) is 0 Å². The summed E-state index contributed by atoms with van der Waals surface area (Å²) in [6.07, 6.45) is 5.42. The first kappa shape index (κ1) is 19.4. The number of amides is 1. The first-order chi connectivity index (χ1) is 9.56. The lowest BCUT2D eigenvalue weighted by Gasteiger charge is -2.23. The number of nitrogens with one attached hydrogen (secondary N) is 1. The molecule has 0 aromatic rings. The first-order valence-electron chi connectivity index (χ1n) is 8.23. The van der Waals surface area contributed by atoms with Crippen molar-refractivity contribution in [3.8, 4) is 0 Å². The van der Waals surface area contributed by atoms with E-state index in [1.807, 2.05) is 19.0 Å². The topological polar surface area (TPSA) is 35.6 Å². The lowest BCUT2D eigenvalue weighted by atomic mass is 10.1. The molecule has 0 saturated carbocycles. The molecule has 0 fully saturated rings. The molecular weight excluding hydrogens is 250 g/mol. The Bertz CT molecular complexity index is 240. The summed E-state index contributed by atoms with van der Waals surface area (Å²) in [5.41, 5.74) is 0. The highest BCUT2D eigenvalue weighted by molar-refractivity contribution is 5.81. The van der Waals surface area contributed by atoms with Gasteiger partial charge in [0.25, 0.3) is 0 Å². The molecule has 0 aliphatic rings. The van der Waals surface area contributed by atoms with Crippen LogP contribution in [0.15, 0.2) is 0 Å². The summed E-state index contributed by atoms with van der Waals surface area (Å²) in [5.74, 6) is 0.186. The van der Waals surface area contributed by atoms with E-state index >= 15 is 0 Å². The molecular formula is C16H35N3O. The number of hydrogen-bond acceptors (Lipinski definition) is 3. The van der Waals surface area contributed by atoms with E-state index in [-0.39, 0.29) is 11.9 Å². The van der Waals surface area contributed by atoms with Crippen LogP contribution in [0.1, 0.15) is 52.9 Å². The maximum atomic E-state index is 12.1. The van der Waals surface area contributed by atoms with E-state index in [2.05, 4.69) is 31.0 Å². The molecule has 0 aromatic heterocycles. The summed E-state index contributed by atoms with van der Waals surface area (Å²) in [5, 5.41) is 3.08. The van der Waals surface area contributed by atoms with E-state index in [9.17, 15) is 4.79 Å². The second kappa shape index (κ2) is 12.2. The van der Waals surface area contributed by atoms with Crippen LogP contribution in [-0.4, -0.2) is 62.0 Å². The molecule has 120 valence electrons. The Labute approximate surface area is 125 Å². The van der Waals surface area contributed by atoms with Crippen molar-refractivity contribution in [3.05, 3.63) is 0 Å². The number of nitrogens with zero attached hydrogens (tertiary/aromatic N) is 2. The van der Waals surface area contributed by atoms with Crippen molar-refractivity contribution in [2.45, 2.75) is 58.9 Å². The van der Waals surface area contributed by atoms with E-state index in [0.717, 1.165) is 58.3 Å². The molecule has 0 rings (SSSR count). The number of hydrogen-bond donors (Lipinski definition) is 1.